The van der Waals surface area contributed by atoms with Gasteiger partial charge >= 0.3 is 31.1 Å². The zero-order valence-corrected chi connectivity index (χ0v) is 39.5. The maximum absolute atomic E-state index is 10.5. The molecule has 0 amide bonds. The highest BCUT2D eigenvalue weighted by atomic mass is 35.5. The van der Waals surface area contributed by atoms with E-state index in [0.29, 0.717) is 58.8 Å². The smallest absolute Gasteiger partial charge is 0.466 e. The lowest BCUT2D eigenvalue weighted by Gasteiger charge is -2.26. The van der Waals surface area contributed by atoms with Gasteiger partial charge in [0.25, 0.3) is 5.97 Å². The highest BCUT2D eigenvalue weighted by molar-refractivity contribution is 6.60. The summed E-state index contributed by atoms with van der Waals surface area (Å²) in [7, 11) is 1.18. The van der Waals surface area contributed by atoms with Gasteiger partial charge in [0.05, 0.1) is 45.0 Å². The average molecular weight is 928 g/mol. The molecule has 15 nitrogen and oxygen atoms in total. The van der Waals surface area contributed by atoms with Crippen LogP contribution in [0.15, 0.2) is 0 Å². The predicted octanol–water partition coefficient (Wildman–Crippen LogP) is 7.05. The van der Waals surface area contributed by atoms with Crippen LogP contribution in [-0.2, 0) is 69.2 Å². The first-order valence-electron chi connectivity index (χ1n) is 19.7. The molecule has 4 fully saturated rings. The zero-order chi connectivity index (χ0) is 44.0. The number of carbonyl (C=O) groups is 1. The van der Waals surface area contributed by atoms with E-state index < -0.39 is 31.1 Å². The van der Waals surface area contributed by atoms with Gasteiger partial charge in [0.15, 0.2) is 0 Å². The van der Waals surface area contributed by atoms with Crippen molar-refractivity contribution in [2.45, 2.75) is 108 Å². The molecule has 4 rings (SSSR count). The van der Waals surface area contributed by atoms with Crippen molar-refractivity contribution in [1.82, 2.24) is 0 Å². The molecule has 348 valence electrons. The molecule has 4 aliphatic rings. The van der Waals surface area contributed by atoms with E-state index >= 15 is 0 Å². The van der Waals surface area contributed by atoms with Crippen molar-refractivity contribution < 1.29 is 82.2 Å². The molecule has 23 heteroatoms. The summed E-state index contributed by atoms with van der Waals surface area (Å²) in [6.45, 7) is 10.9. The topological polar surface area (TPSA) is 150 Å². The fraction of sp³-hybridized carbons (Fsp3) is 0.971. The minimum Gasteiger partial charge on any atom is -0.466 e. The first-order valence-corrected chi connectivity index (χ1v) is 24.6. The van der Waals surface area contributed by atoms with E-state index in [-0.39, 0.29) is 17.4 Å². The van der Waals surface area contributed by atoms with Gasteiger partial charge in [0.1, 0.15) is 12.2 Å². The van der Waals surface area contributed by atoms with Crippen molar-refractivity contribution in [2.75, 3.05) is 114 Å². The highest BCUT2D eigenvalue weighted by Gasteiger charge is 2.43. The second kappa shape index (κ2) is 39.7. The maximum atomic E-state index is 10.5. The zero-order valence-electron chi connectivity index (χ0n) is 36.0. The number of esters is 1. The van der Waals surface area contributed by atoms with Crippen molar-refractivity contribution in [3.05, 3.63) is 0 Å². The number of hydrogen-bond acceptors (Lipinski definition) is 15. The monoisotopic (exact) mass is 926 g/mol. The Morgan fingerprint density at radius 1 is 0.690 bits per heavy atom. The van der Waals surface area contributed by atoms with Crippen LogP contribution in [0.3, 0.4) is 0 Å². The third-order valence-electron chi connectivity index (χ3n) is 8.40. The standard InChI is InChI=1S/C15H30O7Si.C9H20O5Si.C6H10O2.C4H10O.CH2Cl2.BF3/c1-16-23(17-2,18-3)11-7-9-19-12-14-13-21-15(22-14)8-5-4-6-10-20-15;1-10-15(11-2,12-3)6-4-5-13-7-9-8-14-9;7-6-4-2-1-3-5-8-6;1-3-5-4-2;2-1-3;2-1(3)4/h14H,4-13H2,1-3H3;9H,4-8H2,1-3H3;1-5H2;3-4H2,1-2H3;1H2;. The molecule has 1 spiro atoms. The highest BCUT2D eigenvalue weighted by Crippen LogP contribution is 2.33. The van der Waals surface area contributed by atoms with Crippen LogP contribution < -0.4 is 0 Å². The van der Waals surface area contributed by atoms with Crippen molar-refractivity contribution in [3.8, 4) is 0 Å². The molecule has 58 heavy (non-hydrogen) atoms. The largest absolute Gasteiger partial charge is 0.762 e. The van der Waals surface area contributed by atoms with Gasteiger partial charge < -0.3 is 64.5 Å². The Labute approximate surface area is 357 Å². The molecular weight excluding hydrogens is 855 g/mol. The number of carbonyl (C=O) groups excluding carboxylic acids is 1. The Hall–Kier alpha value is -0.181. The summed E-state index contributed by atoms with van der Waals surface area (Å²) < 4.78 is 104. The quantitative estimate of drug-likeness (QED) is 0.0403. The van der Waals surface area contributed by atoms with E-state index in [0.717, 1.165) is 83.3 Å². The van der Waals surface area contributed by atoms with Gasteiger partial charge in [-0.2, -0.15) is 0 Å². The maximum Gasteiger partial charge on any atom is 0.762 e. The molecule has 4 heterocycles. The lowest BCUT2D eigenvalue weighted by molar-refractivity contribution is -0.337. The fourth-order valence-corrected chi connectivity index (χ4v) is 8.63. The molecular formula is C35H72BCl2F3O15Si2. The summed E-state index contributed by atoms with van der Waals surface area (Å²) in [6, 6.07) is 1.51. The molecule has 0 N–H and O–H groups in total. The van der Waals surface area contributed by atoms with Crippen molar-refractivity contribution in [3.63, 3.8) is 0 Å². The third kappa shape index (κ3) is 32.5. The van der Waals surface area contributed by atoms with Crippen LogP contribution in [0.5, 0.6) is 0 Å². The first kappa shape index (κ1) is 59.9. The molecule has 3 unspecified atom stereocenters. The number of ether oxygens (including phenoxy) is 8. The van der Waals surface area contributed by atoms with E-state index in [1.165, 1.54) is 6.42 Å². The predicted molar refractivity (Wildman–Crippen MR) is 219 cm³/mol. The van der Waals surface area contributed by atoms with E-state index in [2.05, 4.69) is 0 Å². The molecule has 0 aliphatic carbocycles. The number of hydrogen-bond donors (Lipinski definition) is 0. The average Bonchev–Trinajstić information content (AvgIpc) is 4.04. The molecule has 0 saturated carbocycles. The Morgan fingerprint density at radius 2 is 1.16 bits per heavy atom. The summed E-state index contributed by atoms with van der Waals surface area (Å²) in [5.41, 5.74) is 0. The Bertz CT molecular complexity index is 888. The molecule has 4 aliphatic heterocycles. The number of cyclic esters (lactones) is 1. The SMILES string of the molecule is CCOCC.CO[Si](CCCOCC1CO1)(OC)OC.CO[Si](CCCOCC1COC2(CCCCCO2)O1)(OC)OC.ClCCl.FB(F)F.O=C1CCCCCO1. The Kier molecular flexibility index (Phi) is 41.0. The molecule has 3 atom stereocenters. The van der Waals surface area contributed by atoms with E-state index in [1.54, 1.807) is 42.7 Å². The Balaban J connectivity index is 0. The lowest BCUT2D eigenvalue weighted by atomic mass is 10.2. The van der Waals surface area contributed by atoms with Gasteiger partial charge in [-0.1, -0.05) is 6.42 Å². The first-order chi connectivity index (χ1) is 27.9. The molecule has 0 bridgehead atoms. The number of halogens is 5. The van der Waals surface area contributed by atoms with Crippen molar-refractivity contribution in [2.24, 2.45) is 0 Å². The van der Waals surface area contributed by atoms with Crippen LogP contribution >= 0.6 is 23.2 Å². The Morgan fingerprint density at radius 3 is 1.60 bits per heavy atom. The van der Waals surface area contributed by atoms with Crippen LogP contribution in [-0.4, -0.2) is 163 Å². The van der Waals surface area contributed by atoms with E-state index in [4.69, 9.17) is 87.7 Å². The number of alkyl halides is 2. The summed E-state index contributed by atoms with van der Waals surface area (Å²) >= 11 is 9.53. The second-order valence-corrected chi connectivity index (χ2v) is 19.4. The van der Waals surface area contributed by atoms with Gasteiger partial charge in [0, 0.05) is 94.0 Å². The van der Waals surface area contributed by atoms with Gasteiger partial charge in [-0.3, -0.25) is 17.7 Å². The lowest BCUT2D eigenvalue weighted by Crippen LogP contribution is -2.42. The molecule has 4 saturated heterocycles. The van der Waals surface area contributed by atoms with Crippen LogP contribution in [0, 0.1) is 0 Å². The summed E-state index contributed by atoms with van der Waals surface area (Å²) in [5, 5.41) is 0.194. The minimum absolute atomic E-state index is 0.0255. The van der Waals surface area contributed by atoms with Gasteiger partial charge in [-0.15, -0.1) is 23.2 Å². The normalized spacial score (nSPS) is 21.4. The minimum atomic E-state index is -3.67. The third-order valence-corrected chi connectivity index (χ3v) is 14.1. The van der Waals surface area contributed by atoms with Crippen LogP contribution in [0.1, 0.15) is 78.1 Å². The summed E-state index contributed by atoms with van der Waals surface area (Å²) in [6.07, 6.45) is 9.90. The van der Waals surface area contributed by atoms with Crippen molar-refractivity contribution >= 4 is 54.3 Å². The summed E-state index contributed by atoms with van der Waals surface area (Å²) in [4.78, 5) is 10.5. The van der Waals surface area contributed by atoms with Crippen LogP contribution in [0.4, 0.5) is 12.9 Å². The van der Waals surface area contributed by atoms with Gasteiger partial charge in [-0.25, -0.2) is 0 Å². The van der Waals surface area contributed by atoms with E-state index in [1.807, 2.05) is 13.8 Å². The molecule has 0 radical (unpaired) electrons. The molecule has 0 aromatic carbocycles. The van der Waals surface area contributed by atoms with E-state index in [9.17, 15) is 17.7 Å². The molecule has 0 aromatic heterocycles. The van der Waals surface area contributed by atoms with Crippen molar-refractivity contribution in [1.29, 1.82) is 0 Å². The van der Waals surface area contributed by atoms with Gasteiger partial charge in [-0.05, 0) is 58.8 Å². The van der Waals surface area contributed by atoms with Crippen LogP contribution in [0.25, 0.3) is 0 Å². The van der Waals surface area contributed by atoms with Gasteiger partial charge in [0.2, 0.25) is 0 Å². The molecule has 0 aromatic rings. The second-order valence-electron chi connectivity index (χ2n) is 12.5. The number of rotatable bonds is 20. The summed E-state index contributed by atoms with van der Waals surface area (Å²) in [5.74, 6) is -0.850. The number of epoxide rings is 1. The fourth-order valence-electron chi connectivity index (χ4n) is 5.25. The van der Waals surface area contributed by atoms with Crippen LogP contribution in [0.2, 0.25) is 12.1 Å².